The third kappa shape index (κ3) is 3.43. The second-order valence-corrected chi connectivity index (χ2v) is 7.10. The maximum atomic E-state index is 13.2. The third-order valence-corrected chi connectivity index (χ3v) is 5.12. The van der Waals surface area contributed by atoms with Gasteiger partial charge in [0.1, 0.15) is 11.5 Å². The number of carbonyl (C=O) groups excluding carboxylic acids is 1. The summed E-state index contributed by atoms with van der Waals surface area (Å²) in [6, 6.07) is 12.8. The molecule has 0 aromatic heterocycles. The lowest BCUT2D eigenvalue weighted by Gasteiger charge is -2.32. The first kappa shape index (κ1) is 19.1. The maximum absolute atomic E-state index is 13.2. The highest BCUT2D eigenvalue weighted by molar-refractivity contribution is 6.31. The Morgan fingerprint density at radius 1 is 1.11 bits per heavy atom. The number of methoxy groups -OCH3 is 1. The lowest BCUT2D eigenvalue weighted by Crippen LogP contribution is -2.47. The first-order chi connectivity index (χ1) is 13.6. The standard InChI is InChI=1S/C21H22ClNO5/c1-25-16-5-7-17(8-6-16)26-11-2-10-23-19-9-4-15(22)14-18(19)21(20(23)24)27-12-3-13-28-21/h4-9,14H,2-3,10-13H2,1H3. The third-order valence-electron chi connectivity index (χ3n) is 4.88. The summed E-state index contributed by atoms with van der Waals surface area (Å²) < 4.78 is 22.6. The molecule has 0 bridgehead atoms. The summed E-state index contributed by atoms with van der Waals surface area (Å²) in [6.45, 7) is 1.93. The van der Waals surface area contributed by atoms with Crippen LogP contribution in [0.5, 0.6) is 11.5 Å². The Kier molecular flexibility index (Phi) is 5.44. The number of benzene rings is 2. The molecule has 0 atom stereocenters. The second kappa shape index (κ2) is 7.99. The van der Waals surface area contributed by atoms with Crippen LogP contribution in [0.15, 0.2) is 42.5 Å². The first-order valence-corrected chi connectivity index (χ1v) is 9.68. The monoisotopic (exact) mass is 403 g/mol. The molecule has 0 radical (unpaired) electrons. The maximum Gasteiger partial charge on any atom is 0.292 e. The van der Waals surface area contributed by atoms with Crippen LogP contribution in [0.2, 0.25) is 5.02 Å². The molecule has 2 aromatic carbocycles. The summed E-state index contributed by atoms with van der Waals surface area (Å²) in [6.07, 6.45) is 1.43. The molecule has 0 unspecified atom stereocenters. The number of hydrogen-bond acceptors (Lipinski definition) is 5. The van der Waals surface area contributed by atoms with Crippen LogP contribution >= 0.6 is 11.6 Å². The zero-order chi connectivity index (χ0) is 19.6. The molecule has 0 N–H and O–H groups in total. The molecule has 28 heavy (non-hydrogen) atoms. The van der Waals surface area contributed by atoms with Crippen molar-refractivity contribution in [2.24, 2.45) is 0 Å². The summed E-state index contributed by atoms with van der Waals surface area (Å²) in [4.78, 5) is 14.9. The van der Waals surface area contributed by atoms with Crippen molar-refractivity contribution >= 4 is 23.2 Å². The van der Waals surface area contributed by atoms with Crippen molar-refractivity contribution in [3.8, 4) is 11.5 Å². The van der Waals surface area contributed by atoms with Gasteiger partial charge in [-0.1, -0.05) is 11.6 Å². The van der Waals surface area contributed by atoms with Crippen molar-refractivity contribution in [2.45, 2.75) is 18.6 Å². The van der Waals surface area contributed by atoms with E-state index in [0.717, 1.165) is 23.6 Å². The zero-order valence-corrected chi connectivity index (χ0v) is 16.4. The van der Waals surface area contributed by atoms with E-state index >= 15 is 0 Å². The van der Waals surface area contributed by atoms with Gasteiger partial charge < -0.3 is 23.8 Å². The summed E-state index contributed by atoms with van der Waals surface area (Å²) in [7, 11) is 1.63. The SMILES string of the molecule is COc1ccc(OCCCN2C(=O)C3(OCCCO3)c3cc(Cl)ccc32)cc1. The molecule has 0 aliphatic carbocycles. The molecule has 2 aliphatic rings. The van der Waals surface area contributed by atoms with Crippen molar-refractivity contribution in [2.75, 3.05) is 38.4 Å². The lowest BCUT2D eigenvalue weighted by molar-refractivity contribution is -0.256. The van der Waals surface area contributed by atoms with Crippen LogP contribution in [0.25, 0.3) is 0 Å². The molecule has 2 aliphatic heterocycles. The largest absolute Gasteiger partial charge is 0.497 e. The lowest BCUT2D eigenvalue weighted by atomic mass is 10.1. The molecule has 1 spiro atoms. The van der Waals surface area contributed by atoms with Gasteiger partial charge in [-0.05, 0) is 55.3 Å². The van der Waals surface area contributed by atoms with Crippen LogP contribution in [0.1, 0.15) is 18.4 Å². The van der Waals surface area contributed by atoms with E-state index in [2.05, 4.69) is 0 Å². The zero-order valence-electron chi connectivity index (χ0n) is 15.7. The van der Waals surface area contributed by atoms with Crippen LogP contribution in [-0.4, -0.2) is 39.4 Å². The minimum atomic E-state index is -1.37. The van der Waals surface area contributed by atoms with Gasteiger partial charge in [-0.3, -0.25) is 4.79 Å². The number of rotatable bonds is 6. The summed E-state index contributed by atoms with van der Waals surface area (Å²) in [5.74, 6) is -0.0249. The van der Waals surface area contributed by atoms with Crippen LogP contribution < -0.4 is 14.4 Å². The molecule has 148 valence electrons. The fraction of sp³-hybridized carbons (Fsp3) is 0.381. The van der Waals surface area contributed by atoms with Gasteiger partial charge in [-0.25, -0.2) is 0 Å². The average molecular weight is 404 g/mol. The minimum Gasteiger partial charge on any atom is -0.497 e. The molecule has 1 amide bonds. The van der Waals surface area contributed by atoms with Crippen LogP contribution in [0.4, 0.5) is 5.69 Å². The van der Waals surface area contributed by atoms with Gasteiger partial charge in [0.05, 0.1) is 32.6 Å². The molecule has 0 saturated carbocycles. The fourth-order valence-electron chi connectivity index (χ4n) is 3.53. The highest BCUT2D eigenvalue weighted by atomic mass is 35.5. The number of anilines is 1. The van der Waals surface area contributed by atoms with E-state index in [4.69, 9.17) is 30.5 Å². The van der Waals surface area contributed by atoms with Gasteiger partial charge in [0, 0.05) is 17.1 Å². The second-order valence-electron chi connectivity index (χ2n) is 6.66. The smallest absolute Gasteiger partial charge is 0.292 e. The molecule has 6 nitrogen and oxygen atoms in total. The summed E-state index contributed by atoms with van der Waals surface area (Å²) in [5.41, 5.74) is 1.46. The Bertz CT molecular complexity index is 848. The van der Waals surface area contributed by atoms with Gasteiger partial charge in [0.15, 0.2) is 0 Å². The number of carbonyl (C=O) groups is 1. The molecule has 2 heterocycles. The van der Waals surface area contributed by atoms with Gasteiger partial charge in [0.2, 0.25) is 0 Å². The van der Waals surface area contributed by atoms with Crippen LogP contribution in [0, 0.1) is 0 Å². The Labute approximate surface area is 168 Å². The highest BCUT2D eigenvalue weighted by Crippen LogP contribution is 2.46. The fourth-order valence-corrected chi connectivity index (χ4v) is 3.70. The Morgan fingerprint density at radius 2 is 1.82 bits per heavy atom. The normalized spacial score (nSPS) is 17.6. The van der Waals surface area contributed by atoms with Crippen molar-refractivity contribution in [1.29, 1.82) is 0 Å². The quantitative estimate of drug-likeness (QED) is 0.687. The molecule has 2 aromatic rings. The summed E-state index contributed by atoms with van der Waals surface area (Å²) >= 11 is 6.17. The molecular weight excluding hydrogens is 382 g/mol. The molecule has 7 heteroatoms. The van der Waals surface area contributed by atoms with Crippen LogP contribution in [0.3, 0.4) is 0 Å². The predicted molar refractivity (Wildman–Crippen MR) is 105 cm³/mol. The van der Waals surface area contributed by atoms with Gasteiger partial charge >= 0.3 is 0 Å². The Hall–Kier alpha value is -2.28. The van der Waals surface area contributed by atoms with E-state index in [9.17, 15) is 4.79 Å². The molecule has 1 fully saturated rings. The number of hydrogen-bond donors (Lipinski definition) is 0. The van der Waals surface area contributed by atoms with E-state index in [1.54, 1.807) is 24.1 Å². The van der Waals surface area contributed by atoms with Crippen molar-refractivity contribution in [1.82, 2.24) is 0 Å². The number of ether oxygens (including phenoxy) is 4. The number of nitrogens with zero attached hydrogens (tertiary/aromatic N) is 1. The van der Waals surface area contributed by atoms with E-state index in [-0.39, 0.29) is 5.91 Å². The van der Waals surface area contributed by atoms with Crippen LogP contribution in [-0.2, 0) is 20.1 Å². The number of amides is 1. The van der Waals surface area contributed by atoms with Gasteiger partial charge in [0.25, 0.3) is 11.7 Å². The molecule has 4 rings (SSSR count). The van der Waals surface area contributed by atoms with Crippen molar-refractivity contribution in [3.05, 3.63) is 53.1 Å². The highest BCUT2D eigenvalue weighted by Gasteiger charge is 2.54. The molecule has 1 saturated heterocycles. The summed E-state index contributed by atoms with van der Waals surface area (Å²) in [5, 5.41) is 0.549. The number of halogens is 1. The van der Waals surface area contributed by atoms with Gasteiger partial charge in [-0.2, -0.15) is 0 Å². The minimum absolute atomic E-state index is 0.200. The van der Waals surface area contributed by atoms with E-state index in [1.165, 1.54) is 0 Å². The average Bonchev–Trinajstić information content (AvgIpc) is 2.94. The van der Waals surface area contributed by atoms with E-state index in [1.807, 2.05) is 30.3 Å². The molecular formula is C21H22ClNO5. The first-order valence-electron chi connectivity index (χ1n) is 9.31. The topological polar surface area (TPSA) is 57.2 Å². The Morgan fingerprint density at radius 3 is 2.54 bits per heavy atom. The Balaban J connectivity index is 1.43. The number of fused-ring (bicyclic) bond motifs is 2. The van der Waals surface area contributed by atoms with Crippen molar-refractivity contribution < 1.29 is 23.7 Å². The van der Waals surface area contributed by atoms with Gasteiger partial charge in [-0.15, -0.1) is 0 Å². The predicted octanol–water partition coefficient (Wildman–Crippen LogP) is 3.75. The van der Waals surface area contributed by atoms with Crippen molar-refractivity contribution in [3.63, 3.8) is 0 Å². The van der Waals surface area contributed by atoms with E-state index < -0.39 is 5.79 Å². The van der Waals surface area contributed by atoms with E-state index in [0.29, 0.717) is 43.4 Å².